The number of aryl methyl sites for hydroxylation is 2. The number of aromatic amines is 1. The van der Waals surface area contributed by atoms with Gasteiger partial charge in [-0.3, -0.25) is 0 Å². The van der Waals surface area contributed by atoms with Gasteiger partial charge in [-0.2, -0.15) is 0 Å². The van der Waals surface area contributed by atoms with Crippen molar-refractivity contribution in [3.05, 3.63) is 58.9 Å². The van der Waals surface area contributed by atoms with Crippen LogP contribution in [0.2, 0.25) is 0 Å². The highest BCUT2D eigenvalue weighted by Gasteiger charge is 1.92. The topological polar surface area (TPSA) is 15.8 Å². The van der Waals surface area contributed by atoms with Gasteiger partial charge in [0, 0.05) is 11.4 Å². The molecular weight excluding hydrogens is 182 g/mol. The first-order chi connectivity index (χ1) is 7.25. The van der Waals surface area contributed by atoms with E-state index in [1.165, 1.54) is 16.8 Å². The predicted octanol–water partition coefficient (Wildman–Crippen LogP) is 3.80. The van der Waals surface area contributed by atoms with Crippen LogP contribution in [0.3, 0.4) is 0 Å². The zero-order valence-corrected chi connectivity index (χ0v) is 9.12. The van der Waals surface area contributed by atoms with E-state index in [0.29, 0.717) is 0 Å². The van der Waals surface area contributed by atoms with Gasteiger partial charge < -0.3 is 4.98 Å². The molecular formula is C14H15N. The highest BCUT2D eigenvalue weighted by Crippen LogP contribution is 2.11. The van der Waals surface area contributed by atoms with E-state index in [0.717, 1.165) is 5.69 Å². The van der Waals surface area contributed by atoms with Crippen LogP contribution in [-0.2, 0) is 0 Å². The fourth-order valence-electron chi connectivity index (χ4n) is 1.58. The molecule has 0 fully saturated rings. The first kappa shape index (κ1) is 9.78. The fraction of sp³-hybridized carbons (Fsp3) is 0.143. The van der Waals surface area contributed by atoms with Crippen molar-refractivity contribution in [2.75, 3.05) is 0 Å². The van der Waals surface area contributed by atoms with Crippen molar-refractivity contribution in [3.8, 4) is 0 Å². The third kappa shape index (κ3) is 2.38. The number of hydrogen-bond donors (Lipinski definition) is 1. The summed E-state index contributed by atoms with van der Waals surface area (Å²) in [6.07, 6.45) is 4.25. The van der Waals surface area contributed by atoms with E-state index in [1.54, 1.807) is 0 Å². The van der Waals surface area contributed by atoms with Crippen LogP contribution < -0.4 is 0 Å². The van der Waals surface area contributed by atoms with E-state index in [2.05, 4.69) is 67.4 Å². The van der Waals surface area contributed by atoms with Crippen molar-refractivity contribution in [3.63, 3.8) is 0 Å². The maximum atomic E-state index is 3.28. The van der Waals surface area contributed by atoms with Crippen molar-refractivity contribution in [2.45, 2.75) is 13.8 Å². The zero-order chi connectivity index (χ0) is 10.7. The maximum Gasteiger partial charge on any atom is 0.0382 e. The minimum atomic E-state index is 1.15. The second-order valence-electron chi connectivity index (χ2n) is 3.79. The van der Waals surface area contributed by atoms with Crippen molar-refractivity contribution < 1.29 is 0 Å². The van der Waals surface area contributed by atoms with Gasteiger partial charge in [-0.25, -0.2) is 0 Å². The minimum Gasteiger partial charge on any atom is -0.359 e. The van der Waals surface area contributed by atoms with Crippen LogP contribution in [0.5, 0.6) is 0 Å². The molecule has 0 aliphatic heterocycles. The van der Waals surface area contributed by atoms with E-state index in [-0.39, 0.29) is 0 Å². The van der Waals surface area contributed by atoms with Gasteiger partial charge in [0.2, 0.25) is 0 Å². The normalized spacial score (nSPS) is 11.1. The summed E-state index contributed by atoms with van der Waals surface area (Å²) in [6, 6.07) is 12.5. The van der Waals surface area contributed by atoms with Gasteiger partial charge in [-0.1, -0.05) is 30.3 Å². The van der Waals surface area contributed by atoms with Gasteiger partial charge in [0.15, 0.2) is 0 Å². The molecule has 1 aromatic heterocycles. The number of rotatable bonds is 2. The average Bonchev–Trinajstić information content (AvgIpc) is 2.63. The summed E-state index contributed by atoms with van der Waals surface area (Å²) in [4.78, 5) is 3.28. The molecule has 0 radical (unpaired) electrons. The van der Waals surface area contributed by atoms with Crippen molar-refractivity contribution in [2.24, 2.45) is 0 Å². The molecule has 0 aliphatic carbocycles. The number of benzene rings is 1. The molecule has 0 saturated heterocycles. The highest BCUT2D eigenvalue weighted by molar-refractivity contribution is 5.69. The van der Waals surface area contributed by atoms with E-state index in [9.17, 15) is 0 Å². The van der Waals surface area contributed by atoms with Gasteiger partial charge in [-0.05, 0) is 43.2 Å². The largest absolute Gasteiger partial charge is 0.359 e. The molecule has 0 atom stereocenters. The summed E-state index contributed by atoms with van der Waals surface area (Å²) < 4.78 is 0. The smallest absolute Gasteiger partial charge is 0.0382 e. The molecule has 0 amide bonds. The number of aromatic nitrogens is 1. The van der Waals surface area contributed by atoms with E-state index in [4.69, 9.17) is 0 Å². The number of H-pyrrole nitrogens is 1. The van der Waals surface area contributed by atoms with Crippen LogP contribution in [0.15, 0.2) is 36.4 Å². The third-order valence-corrected chi connectivity index (χ3v) is 2.49. The lowest BCUT2D eigenvalue weighted by molar-refractivity contribution is 1.25. The Morgan fingerprint density at radius 3 is 2.40 bits per heavy atom. The molecule has 0 aliphatic rings. The SMILES string of the molecule is Cc1ccc(/C=C/c2ccccc2C)[nH]1. The van der Waals surface area contributed by atoms with Crippen LogP contribution in [0.25, 0.3) is 12.2 Å². The third-order valence-electron chi connectivity index (χ3n) is 2.49. The molecule has 0 bridgehead atoms. The molecule has 1 aromatic carbocycles. The Balaban J connectivity index is 2.22. The second-order valence-corrected chi connectivity index (χ2v) is 3.79. The monoisotopic (exact) mass is 197 g/mol. The molecule has 0 spiro atoms. The van der Waals surface area contributed by atoms with Crippen molar-refractivity contribution in [1.29, 1.82) is 0 Å². The summed E-state index contributed by atoms with van der Waals surface area (Å²) in [6.45, 7) is 4.19. The van der Waals surface area contributed by atoms with Crippen LogP contribution in [-0.4, -0.2) is 4.98 Å². The fourth-order valence-corrected chi connectivity index (χ4v) is 1.58. The van der Waals surface area contributed by atoms with Gasteiger partial charge in [0.05, 0.1) is 0 Å². The Labute approximate surface area is 90.5 Å². The summed E-state index contributed by atoms with van der Waals surface area (Å²) in [5, 5.41) is 0. The van der Waals surface area contributed by atoms with E-state index in [1.807, 2.05) is 0 Å². The van der Waals surface area contributed by atoms with Crippen molar-refractivity contribution in [1.82, 2.24) is 4.98 Å². The molecule has 2 rings (SSSR count). The average molecular weight is 197 g/mol. The van der Waals surface area contributed by atoms with Gasteiger partial charge >= 0.3 is 0 Å². The molecule has 0 unspecified atom stereocenters. The number of hydrogen-bond acceptors (Lipinski definition) is 0. The Morgan fingerprint density at radius 2 is 1.73 bits per heavy atom. The Hall–Kier alpha value is -1.76. The summed E-state index contributed by atoms with van der Waals surface area (Å²) >= 11 is 0. The maximum absolute atomic E-state index is 3.28. The quantitative estimate of drug-likeness (QED) is 0.753. The molecule has 1 N–H and O–H groups in total. The Morgan fingerprint density at radius 1 is 0.933 bits per heavy atom. The molecule has 2 aromatic rings. The zero-order valence-electron chi connectivity index (χ0n) is 9.12. The molecule has 76 valence electrons. The summed E-state index contributed by atoms with van der Waals surface area (Å²) in [7, 11) is 0. The Bertz CT molecular complexity index is 478. The van der Waals surface area contributed by atoms with E-state index < -0.39 is 0 Å². The molecule has 1 nitrogen and oxygen atoms in total. The van der Waals surface area contributed by atoms with Crippen LogP contribution >= 0.6 is 0 Å². The van der Waals surface area contributed by atoms with Gasteiger partial charge in [0.1, 0.15) is 0 Å². The lowest BCUT2D eigenvalue weighted by Crippen LogP contribution is -1.78. The van der Waals surface area contributed by atoms with Crippen LogP contribution in [0.1, 0.15) is 22.5 Å². The second kappa shape index (κ2) is 4.18. The first-order valence-corrected chi connectivity index (χ1v) is 5.15. The van der Waals surface area contributed by atoms with Crippen LogP contribution in [0.4, 0.5) is 0 Å². The molecule has 1 heterocycles. The molecule has 15 heavy (non-hydrogen) atoms. The van der Waals surface area contributed by atoms with Crippen LogP contribution in [0, 0.1) is 13.8 Å². The minimum absolute atomic E-state index is 1.15. The van der Waals surface area contributed by atoms with Crippen molar-refractivity contribution >= 4 is 12.2 Å². The summed E-state index contributed by atoms with van der Waals surface area (Å²) in [5.74, 6) is 0. The molecule has 0 saturated carbocycles. The lowest BCUT2D eigenvalue weighted by Gasteiger charge is -1.97. The number of nitrogens with one attached hydrogen (secondary N) is 1. The standard InChI is InChI=1S/C14H15N/c1-11-5-3-4-6-13(11)8-10-14-9-7-12(2)15-14/h3-10,15H,1-2H3/b10-8+. The van der Waals surface area contributed by atoms with E-state index >= 15 is 0 Å². The first-order valence-electron chi connectivity index (χ1n) is 5.15. The highest BCUT2D eigenvalue weighted by atomic mass is 14.7. The van der Waals surface area contributed by atoms with Gasteiger partial charge in [-0.15, -0.1) is 0 Å². The molecule has 1 heteroatoms. The lowest BCUT2D eigenvalue weighted by atomic mass is 10.1. The Kier molecular flexibility index (Phi) is 2.72. The summed E-state index contributed by atoms with van der Waals surface area (Å²) in [5.41, 5.74) is 4.91. The predicted molar refractivity (Wildman–Crippen MR) is 65.6 cm³/mol. The van der Waals surface area contributed by atoms with Gasteiger partial charge in [0.25, 0.3) is 0 Å².